The second kappa shape index (κ2) is 8.82. The number of benzene rings is 3. The van der Waals surface area contributed by atoms with Crippen LogP contribution in [0.4, 0.5) is 0 Å². The van der Waals surface area contributed by atoms with Crippen LogP contribution in [0.5, 0.6) is 5.75 Å². The van der Waals surface area contributed by atoms with Crippen molar-refractivity contribution in [3.63, 3.8) is 0 Å². The van der Waals surface area contributed by atoms with E-state index < -0.39 is 12.0 Å². The molecule has 0 bridgehead atoms. The summed E-state index contributed by atoms with van der Waals surface area (Å²) in [5, 5.41) is 10.1. The van der Waals surface area contributed by atoms with Gasteiger partial charge in [0.2, 0.25) is 0 Å². The Morgan fingerprint density at radius 2 is 1.71 bits per heavy atom. The summed E-state index contributed by atoms with van der Waals surface area (Å²) in [4.78, 5) is 26.7. The Balaban J connectivity index is 1.93. The Morgan fingerprint density at radius 3 is 2.39 bits per heavy atom. The van der Waals surface area contributed by atoms with E-state index in [0.29, 0.717) is 46.8 Å². The number of methoxy groups -OCH3 is 1. The highest BCUT2D eigenvalue weighted by atomic mass is 35.5. The molecule has 3 aromatic carbocycles. The van der Waals surface area contributed by atoms with Crippen LogP contribution in [0, 0.1) is 0 Å². The SMILES string of the molecule is COc1cc(C(=O)N2CCCC2C(=O)O)c(-c2ccccc2Cl)cc1-c1ccccc1. The van der Waals surface area contributed by atoms with Crippen molar-refractivity contribution in [3.05, 3.63) is 77.3 Å². The molecule has 0 saturated carbocycles. The number of carbonyl (C=O) groups excluding carboxylic acids is 1. The van der Waals surface area contributed by atoms with Crippen LogP contribution < -0.4 is 4.74 Å². The molecule has 1 N–H and O–H groups in total. The van der Waals surface area contributed by atoms with Crippen LogP contribution in [-0.4, -0.2) is 41.6 Å². The summed E-state index contributed by atoms with van der Waals surface area (Å²) in [6, 6.07) is 19.8. The number of hydrogen-bond acceptors (Lipinski definition) is 3. The van der Waals surface area contributed by atoms with Gasteiger partial charge in [-0.1, -0.05) is 60.1 Å². The number of likely N-dealkylation sites (tertiary alicyclic amines) is 1. The zero-order chi connectivity index (χ0) is 22.0. The zero-order valence-electron chi connectivity index (χ0n) is 17.0. The van der Waals surface area contributed by atoms with E-state index in [9.17, 15) is 14.7 Å². The third-order valence-corrected chi connectivity index (χ3v) is 5.95. The predicted molar refractivity (Wildman–Crippen MR) is 121 cm³/mol. The molecule has 0 aromatic heterocycles. The van der Waals surface area contributed by atoms with Crippen molar-refractivity contribution in [2.75, 3.05) is 13.7 Å². The average molecular weight is 436 g/mol. The summed E-state index contributed by atoms with van der Waals surface area (Å²) in [7, 11) is 1.56. The van der Waals surface area contributed by atoms with Gasteiger partial charge in [0, 0.05) is 22.7 Å². The molecule has 5 nitrogen and oxygen atoms in total. The van der Waals surface area contributed by atoms with Crippen LogP contribution in [0.3, 0.4) is 0 Å². The summed E-state index contributed by atoms with van der Waals surface area (Å²) >= 11 is 6.50. The molecule has 0 radical (unpaired) electrons. The Labute approximate surface area is 185 Å². The van der Waals surface area contributed by atoms with E-state index in [0.717, 1.165) is 11.1 Å². The van der Waals surface area contributed by atoms with Crippen LogP contribution in [-0.2, 0) is 4.79 Å². The molecule has 6 heteroatoms. The van der Waals surface area contributed by atoms with Crippen molar-refractivity contribution < 1.29 is 19.4 Å². The van der Waals surface area contributed by atoms with Crippen LogP contribution in [0.1, 0.15) is 23.2 Å². The van der Waals surface area contributed by atoms with Gasteiger partial charge in [-0.2, -0.15) is 0 Å². The molecule has 1 atom stereocenters. The van der Waals surface area contributed by atoms with Gasteiger partial charge in [-0.25, -0.2) is 4.79 Å². The van der Waals surface area contributed by atoms with Crippen molar-refractivity contribution >= 4 is 23.5 Å². The minimum atomic E-state index is -0.988. The van der Waals surface area contributed by atoms with Gasteiger partial charge in [-0.15, -0.1) is 0 Å². The fourth-order valence-corrected chi connectivity index (χ4v) is 4.33. The number of amides is 1. The Kier molecular flexibility index (Phi) is 5.96. The second-order valence-electron chi connectivity index (χ2n) is 7.44. The molecular formula is C25H22ClNO4. The second-order valence-corrected chi connectivity index (χ2v) is 7.85. The van der Waals surface area contributed by atoms with Gasteiger partial charge in [-0.05, 0) is 42.2 Å². The number of hydrogen-bond donors (Lipinski definition) is 1. The summed E-state index contributed by atoms with van der Waals surface area (Å²) in [5.41, 5.74) is 3.49. The van der Waals surface area contributed by atoms with Gasteiger partial charge in [0.25, 0.3) is 5.91 Å². The largest absolute Gasteiger partial charge is 0.496 e. The van der Waals surface area contributed by atoms with Crippen LogP contribution in [0.2, 0.25) is 5.02 Å². The number of nitrogens with zero attached hydrogens (tertiary/aromatic N) is 1. The molecule has 3 aromatic rings. The van der Waals surface area contributed by atoms with E-state index in [1.807, 2.05) is 54.6 Å². The third kappa shape index (κ3) is 4.01. The smallest absolute Gasteiger partial charge is 0.326 e. The predicted octanol–water partition coefficient (Wildman–Crippen LogP) is 5.37. The Bertz CT molecular complexity index is 1130. The van der Waals surface area contributed by atoms with E-state index in [1.54, 1.807) is 19.2 Å². The van der Waals surface area contributed by atoms with Gasteiger partial charge in [0.15, 0.2) is 0 Å². The first-order chi connectivity index (χ1) is 15.0. The lowest BCUT2D eigenvalue weighted by Gasteiger charge is -2.24. The highest BCUT2D eigenvalue weighted by Crippen LogP contribution is 2.40. The average Bonchev–Trinajstić information content (AvgIpc) is 3.29. The minimum Gasteiger partial charge on any atom is -0.496 e. The maximum Gasteiger partial charge on any atom is 0.326 e. The highest BCUT2D eigenvalue weighted by Gasteiger charge is 2.35. The van der Waals surface area contributed by atoms with Gasteiger partial charge in [0.05, 0.1) is 12.7 Å². The van der Waals surface area contributed by atoms with Gasteiger partial charge in [-0.3, -0.25) is 4.79 Å². The molecule has 1 unspecified atom stereocenters. The topological polar surface area (TPSA) is 66.8 Å². The van der Waals surface area contributed by atoms with E-state index in [4.69, 9.17) is 16.3 Å². The standard InChI is InChI=1S/C25H22ClNO4/c1-31-23-15-20(24(28)27-13-7-12-22(27)25(29)30)19(17-10-5-6-11-21(17)26)14-18(23)16-8-3-2-4-9-16/h2-6,8-11,14-15,22H,7,12-13H2,1H3,(H,29,30). The minimum absolute atomic E-state index is 0.335. The lowest BCUT2D eigenvalue weighted by molar-refractivity contribution is -0.141. The number of rotatable bonds is 5. The first-order valence-electron chi connectivity index (χ1n) is 10.1. The summed E-state index contributed by atoms with van der Waals surface area (Å²) in [6.07, 6.45) is 1.10. The normalized spacial score (nSPS) is 15.7. The van der Waals surface area contributed by atoms with Crippen LogP contribution >= 0.6 is 11.6 Å². The van der Waals surface area contributed by atoms with Crippen molar-refractivity contribution in [3.8, 4) is 28.0 Å². The van der Waals surface area contributed by atoms with Gasteiger partial charge < -0.3 is 14.7 Å². The number of ether oxygens (including phenoxy) is 1. The number of carboxylic acids is 1. The number of carbonyl (C=O) groups is 2. The van der Waals surface area contributed by atoms with E-state index in [1.165, 1.54) is 4.90 Å². The molecule has 0 spiro atoms. The molecule has 0 aliphatic carbocycles. The van der Waals surface area contributed by atoms with Crippen molar-refractivity contribution in [1.82, 2.24) is 4.90 Å². The van der Waals surface area contributed by atoms with Crippen LogP contribution in [0.25, 0.3) is 22.3 Å². The molecule has 1 aliphatic heterocycles. The molecule has 158 valence electrons. The summed E-state index contributed by atoms with van der Waals surface area (Å²) in [5.74, 6) is -0.785. The maximum absolute atomic E-state index is 13.5. The van der Waals surface area contributed by atoms with E-state index in [2.05, 4.69) is 0 Å². The van der Waals surface area contributed by atoms with Crippen molar-refractivity contribution in [2.24, 2.45) is 0 Å². The van der Waals surface area contributed by atoms with Crippen molar-refractivity contribution in [2.45, 2.75) is 18.9 Å². The molecule has 4 rings (SSSR count). The van der Waals surface area contributed by atoms with Crippen molar-refractivity contribution in [1.29, 1.82) is 0 Å². The summed E-state index contributed by atoms with van der Waals surface area (Å²) < 4.78 is 5.63. The Hall–Kier alpha value is -3.31. The summed E-state index contributed by atoms with van der Waals surface area (Å²) in [6.45, 7) is 0.403. The quantitative estimate of drug-likeness (QED) is 0.584. The monoisotopic (exact) mass is 435 g/mol. The fourth-order valence-electron chi connectivity index (χ4n) is 4.09. The van der Waals surface area contributed by atoms with Gasteiger partial charge >= 0.3 is 5.97 Å². The zero-order valence-corrected chi connectivity index (χ0v) is 17.8. The lowest BCUT2D eigenvalue weighted by Crippen LogP contribution is -2.40. The molecule has 1 saturated heterocycles. The molecule has 1 amide bonds. The number of halogens is 1. The van der Waals surface area contributed by atoms with Crippen LogP contribution in [0.15, 0.2) is 66.7 Å². The first kappa shape index (κ1) is 20.9. The number of carboxylic acid groups (broad SMARTS) is 1. The van der Waals surface area contributed by atoms with E-state index in [-0.39, 0.29) is 5.91 Å². The maximum atomic E-state index is 13.5. The fraction of sp³-hybridized carbons (Fsp3) is 0.200. The third-order valence-electron chi connectivity index (χ3n) is 5.62. The molecule has 1 fully saturated rings. The lowest BCUT2D eigenvalue weighted by atomic mass is 9.92. The number of aliphatic carboxylic acids is 1. The van der Waals surface area contributed by atoms with E-state index >= 15 is 0 Å². The molecular weight excluding hydrogens is 414 g/mol. The molecule has 1 heterocycles. The highest BCUT2D eigenvalue weighted by molar-refractivity contribution is 6.33. The molecule has 1 aliphatic rings. The first-order valence-corrected chi connectivity index (χ1v) is 10.4. The Morgan fingerprint density at radius 1 is 1.00 bits per heavy atom. The van der Waals surface area contributed by atoms with Gasteiger partial charge in [0.1, 0.15) is 11.8 Å². The molecule has 31 heavy (non-hydrogen) atoms.